The Labute approximate surface area is 231 Å². The summed E-state index contributed by atoms with van der Waals surface area (Å²) >= 11 is 0. The fourth-order valence-electron chi connectivity index (χ4n) is 6.75. The summed E-state index contributed by atoms with van der Waals surface area (Å²) in [4.78, 5) is 17.7. The van der Waals surface area contributed by atoms with E-state index in [9.17, 15) is 17.6 Å². The molecule has 3 fully saturated rings. The van der Waals surface area contributed by atoms with Gasteiger partial charge in [-0.15, -0.1) is 0 Å². The molecule has 3 saturated heterocycles. The maximum Gasteiger partial charge on any atom is 0.417 e. The molecule has 4 aliphatic rings. The molecular formula is C27H28F5N7O2. The number of rotatable bonds is 2. The number of nitrogens with zero attached hydrogens (tertiary/aromatic N) is 5. The lowest BCUT2D eigenvalue weighted by atomic mass is 9.96. The van der Waals surface area contributed by atoms with E-state index in [0.29, 0.717) is 38.7 Å². The van der Waals surface area contributed by atoms with Crippen LogP contribution >= 0.6 is 0 Å². The molecule has 3 N–H and O–H groups in total. The van der Waals surface area contributed by atoms with Gasteiger partial charge in [0.05, 0.1) is 30.5 Å². The lowest BCUT2D eigenvalue weighted by molar-refractivity contribution is -0.137. The zero-order valence-electron chi connectivity index (χ0n) is 22.4. The number of nitrogens with one attached hydrogen (secondary N) is 1. The molecule has 9 nitrogen and oxygen atoms in total. The lowest BCUT2D eigenvalue weighted by Gasteiger charge is -2.43. The van der Waals surface area contributed by atoms with E-state index in [1.54, 1.807) is 0 Å². The second kappa shape index (κ2) is 9.24. The van der Waals surface area contributed by atoms with Gasteiger partial charge in [0, 0.05) is 37.3 Å². The number of hydrogen-bond donors (Lipinski definition) is 2. The first-order chi connectivity index (χ1) is 19.5. The number of benzene rings is 1. The van der Waals surface area contributed by atoms with Crippen molar-refractivity contribution in [2.45, 2.75) is 57.1 Å². The average molecular weight is 578 g/mol. The van der Waals surface area contributed by atoms with Crippen molar-refractivity contribution in [2.24, 2.45) is 0 Å². The van der Waals surface area contributed by atoms with Crippen molar-refractivity contribution in [1.82, 2.24) is 20.3 Å². The molecule has 41 heavy (non-hydrogen) atoms. The van der Waals surface area contributed by atoms with E-state index in [-0.39, 0.29) is 40.9 Å². The Morgan fingerprint density at radius 1 is 1.07 bits per heavy atom. The Morgan fingerprint density at radius 3 is 2.56 bits per heavy atom. The van der Waals surface area contributed by atoms with E-state index in [0.717, 1.165) is 25.8 Å². The van der Waals surface area contributed by atoms with Crippen LogP contribution in [0, 0.1) is 18.6 Å². The van der Waals surface area contributed by atoms with Crippen LogP contribution in [0.5, 0.6) is 5.88 Å². The van der Waals surface area contributed by atoms with Gasteiger partial charge in [-0.05, 0) is 38.3 Å². The summed E-state index contributed by atoms with van der Waals surface area (Å²) in [6, 6.07) is 0.875. The number of pyridine rings is 1. The van der Waals surface area contributed by atoms with Crippen molar-refractivity contribution in [2.75, 3.05) is 48.4 Å². The van der Waals surface area contributed by atoms with Crippen molar-refractivity contribution in [3.05, 3.63) is 28.8 Å². The highest BCUT2D eigenvalue weighted by atomic mass is 19.4. The molecule has 0 spiro atoms. The number of piperazine rings is 1. The summed E-state index contributed by atoms with van der Waals surface area (Å²) in [7, 11) is 0. The predicted molar refractivity (Wildman–Crippen MR) is 141 cm³/mol. The monoisotopic (exact) mass is 577 g/mol. The molecule has 3 aromatic rings. The number of ether oxygens (including phenoxy) is 2. The topological polar surface area (TPSA) is 102 Å². The van der Waals surface area contributed by atoms with Crippen LogP contribution in [0.15, 0.2) is 6.07 Å². The maximum atomic E-state index is 16.6. The number of nitrogen functional groups attached to an aromatic ring is 1. The number of hydrogen-bond acceptors (Lipinski definition) is 9. The lowest BCUT2D eigenvalue weighted by Crippen LogP contribution is -2.62. The summed E-state index contributed by atoms with van der Waals surface area (Å²) in [6.45, 7) is 5.20. The van der Waals surface area contributed by atoms with E-state index in [2.05, 4.69) is 20.2 Å². The highest BCUT2D eigenvalue weighted by molar-refractivity contribution is 5.98. The Bertz CT molecular complexity index is 1560. The molecule has 2 bridgehead atoms. The minimum Gasteiger partial charge on any atom is -0.472 e. The molecule has 0 amide bonds. The van der Waals surface area contributed by atoms with Crippen molar-refractivity contribution >= 4 is 28.4 Å². The molecule has 2 aromatic heterocycles. The molecule has 0 aliphatic carbocycles. The van der Waals surface area contributed by atoms with Gasteiger partial charge >= 0.3 is 6.18 Å². The second-order valence-electron chi connectivity index (χ2n) is 11.1. The fraction of sp³-hybridized carbons (Fsp3) is 0.519. The number of anilines is 3. The third-order valence-electron chi connectivity index (χ3n) is 8.60. The summed E-state index contributed by atoms with van der Waals surface area (Å²) in [5.41, 5.74) is 1.52. The Morgan fingerprint density at radius 2 is 1.83 bits per heavy atom. The largest absolute Gasteiger partial charge is 0.472 e. The minimum atomic E-state index is -5.01. The molecule has 0 radical (unpaired) electrons. The maximum absolute atomic E-state index is 16.6. The minimum absolute atomic E-state index is 0.0774. The van der Waals surface area contributed by atoms with Gasteiger partial charge in [0.1, 0.15) is 34.3 Å². The molecule has 218 valence electrons. The third-order valence-corrected chi connectivity index (χ3v) is 8.60. The fourth-order valence-corrected chi connectivity index (χ4v) is 6.75. The smallest absolute Gasteiger partial charge is 0.417 e. The van der Waals surface area contributed by atoms with Crippen LogP contribution in [0.25, 0.3) is 22.2 Å². The van der Waals surface area contributed by atoms with Crippen LogP contribution in [0.3, 0.4) is 0 Å². The number of morpholine rings is 1. The molecule has 0 unspecified atom stereocenters. The van der Waals surface area contributed by atoms with E-state index >= 15 is 4.39 Å². The standard InChI is InChI=1S/C27H28F5N7O2/c1-11-18(27(30,31)32)14(9-15(33)19(11)28)21-20(29)22-17-24(37-26(36-22)38-5-7-40-8-6-38)39-10-13-3-4-16(34-13)23(39)12(2)41-25(17)35-21/h9,12-13,16,23,34H,3-8,10,33H2,1-2H3/t12-,13+,16-,23+/m0/s1. The van der Waals surface area contributed by atoms with E-state index < -0.39 is 52.0 Å². The molecule has 0 saturated carbocycles. The highest BCUT2D eigenvalue weighted by Gasteiger charge is 2.47. The summed E-state index contributed by atoms with van der Waals surface area (Å²) < 4.78 is 85.8. The average Bonchev–Trinajstić information content (AvgIpc) is 3.26. The van der Waals surface area contributed by atoms with Gasteiger partial charge in [-0.1, -0.05) is 0 Å². The first-order valence-corrected chi connectivity index (χ1v) is 13.6. The molecule has 4 aliphatic heterocycles. The van der Waals surface area contributed by atoms with Crippen molar-refractivity contribution < 1.29 is 31.4 Å². The van der Waals surface area contributed by atoms with E-state index in [4.69, 9.17) is 20.2 Å². The summed E-state index contributed by atoms with van der Waals surface area (Å²) in [6.07, 6.45) is -3.60. The SMILES string of the molecule is Cc1c(F)c(N)cc(-c2nc3c4c(nc(N5CCOCC5)nc4c2F)N2C[C@H]4CC[C@H](N4)[C@H]2[C@H](C)O3)c1C(F)(F)F. The zero-order valence-corrected chi connectivity index (χ0v) is 22.4. The van der Waals surface area contributed by atoms with Crippen LogP contribution in [-0.4, -0.2) is 72.0 Å². The van der Waals surface area contributed by atoms with Gasteiger partial charge in [0.2, 0.25) is 11.8 Å². The molecule has 7 rings (SSSR count). The van der Waals surface area contributed by atoms with Crippen LogP contribution in [0.1, 0.15) is 30.9 Å². The number of alkyl halides is 3. The second-order valence-corrected chi connectivity index (χ2v) is 11.1. The van der Waals surface area contributed by atoms with Gasteiger partial charge in [0.25, 0.3) is 0 Å². The van der Waals surface area contributed by atoms with Crippen molar-refractivity contribution in [3.63, 3.8) is 0 Å². The molecule has 6 heterocycles. The molecular weight excluding hydrogens is 549 g/mol. The van der Waals surface area contributed by atoms with Crippen molar-refractivity contribution in [3.8, 4) is 17.1 Å². The Hall–Kier alpha value is -3.52. The van der Waals surface area contributed by atoms with Gasteiger partial charge < -0.3 is 30.3 Å². The zero-order chi connectivity index (χ0) is 28.8. The van der Waals surface area contributed by atoms with E-state index in [1.807, 2.05) is 11.8 Å². The quantitative estimate of drug-likeness (QED) is 0.348. The van der Waals surface area contributed by atoms with E-state index in [1.165, 1.54) is 0 Å². The molecule has 14 heteroatoms. The van der Waals surface area contributed by atoms with Crippen LogP contribution < -0.4 is 25.6 Å². The molecule has 1 aromatic carbocycles. The molecule has 4 atom stereocenters. The highest BCUT2D eigenvalue weighted by Crippen LogP contribution is 2.47. The predicted octanol–water partition coefficient (Wildman–Crippen LogP) is 3.81. The third kappa shape index (κ3) is 4.05. The van der Waals surface area contributed by atoms with Crippen molar-refractivity contribution in [1.29, 1.82) is 0 Å². The van der Waals surface area contributed by atoms with Crippen LogP contribution in [-0.2, 0) is 10.9 Å². The summed E-state index contributed by atoms with van der Waals surface area (Å²) in [5, 5.41) is 3.81. The summed E-state index contributed by atoms with van der Waals surface area (Å²) in [5.74, 6) is -1.72. The first-order valence-electron chi connectivity index (χ1n) is 13.6. The van der Waals surface area contributed by atoms with Gasteiger partial charge in [0.15, 0.2) is 5.82 Å². The number of halogens is 5. The Balaban J connectivity index is 1.53. The number of fused-ring (bicyclic) bond motifs is 5. The van der Waals surface area contributed by atoms with Crippen LogP contribution in [0.4, 0.5) is 39.4 Å². The Kier molecular flexibility index (Phi) is 5.95. The van der Waals surface area contributed by atoms with Gasteiger partial charge in [-0.2, -0.15) is 18.2 Å². The first kappa shape index (κ1) is 26.4. The number of nitrogens with two attached hydrogens (primary N) is 1. The normalized spacial score (nSPS) is 25.7. The van der Waals surface area contributed by atoms with Gasteiger partial charge in [-0.3, -0.25) is 0 Å². The van der Waals surface area contributed by atoms with Crippen LogP contribution in [0.2, 0.25) is 0 Å². The number of aromatic nitrogens is 3. The van der Waals surface area contributed by atoms with Gasteiger partial charge in [-0.25, -0.2) is 18.7 Å².